The Bertz CT molecular complexity index is 672. The predicted octanol–water partition coefficient (Wildman–Crippen LogP) is 2.08. The summed E-state index contributed by atoms with van der Waals surface area (Å²) in [5, 5.41) is 2.76. The van der Waals surface area contributed by atoms with E-state index in [-0.39, 0.29) is 5.91 Å². The lowest BCUT2D eigenvalue weighted by molar-refractivity contribution is -0.133. The first kappa shape index (κ1) is 22.3. The van der Waals surface area contributed by atoms with Crippen LogP contribution in [-0.2, 0) is 9.53 Å². The van der Waals surface area contributed by atoms with Crippen LogP contribution in [0.5, 0.6) is 0 Å². The Morgan fingerprint density at radius 1 is 1.25 bits per heavy atom. The van der Waals surface area contributed by atoms with Gasteiger partial charge in [-0.25, -0.2) is 14.8 Å². The molecule has 0 aliphatic carbocycles. The quantitative estimate of drug-likeness (QED) is 0.769. The molecule has 1 fully saturated rings. The summed E-state index contributed by atoms with van der Waals surface area (Å²) in [4.78, 5) is 37.6. The predicted molar refractivity (Wildman–Crippen MR) is 112 cm³/mol. The Labute approximate surface area is 171 Å². The van der Waals surface area contributed by atoms with Crippen LogP contribution in [0.1, 0.15) is 32.9 Å². The second-order valence-electron chi connectivity index (χ2n) is 7.81. The van der Waals surface area contributed by atoms with E-state index in [1.165, 1.54) is 0 Å². The molecular weight excluding hydrogens is 378 g/mol. The van der Waals surface area contributed by atoms with Crippen molar-refractivity contribution in [3.05, 3.63) is 18.1 Å². The van der Waals surface area contributed by atoms with Gasteiger partial charge in [0.25, 0.3) is 0 Å². The molecule has 0 bridgehead atoms. The number of amides is 2. The van der Waals surface area contributed by atoms with Crippen LogP contribution in [0.2, 0.25) is 0 Å². The van der Waals surface area contributed by atoms with E-state index in [1.807, 2.05) is 24.1 Å². The zero-order chi connectivity index (χ0) is 20.7. The summed E-state index contributed by atoms with van der Waals surface area (Å²) in [6.45, 7) is 9.93. The number of nitrogens with zero attached hydrogens (tertiary/aromatic N) is 4. The summed E-state index contributed by atoms with van der Waals surface area (Å²) in [6.07, 6.45) is 3.56. The van der Waals surface area contributed by atoms with Crippen molar-refractivity contribution in [1.29, 1.82) is 0 Å². The van der Waals surface area contributed by atoms with Crippen molar-refractivity contribution in [1.82, 2.24) is 20.2 Å². The van der Waals surface area contributed by atoms with Gasteiger partial charge in [0.1, 0.15) is 23.8 Å². The van der Waals surface area contributed by atoms with Crippen LogP contribution in [0.15, 0.2) is 12.4 Å². The lowest BCUT2D eigenvalue weighted by Gasteiger charge is -2.37. The van der Waals surface area contributed by atoms with Crippen molar-refractivity contribution in [3.63, 3.8) is 0 Å². The van der Waals surface area contributed by atoms with Crippen molar-refractivity contribution in [2.75, 3.05) is 43.1 Å². The molecule has 0 aromatic carbocycles. The number of aryl methyl sites for hydroxylation is 1. The standard InChI is InChI=1S/C19H31N5O3S/c1-14-12-16(21-13-20-14)23-7-9-24(10-8-23)17(25)15(6-11-28-5)22-18(26)27-19(2,3)4/h12-13,15H,6-11H2,1-5H3,(H,22,26). The molecular formula is C19H31N5O3S. The van der Waals surface area contributed by atoms with Crippen LogP contribution in [0, 0.1) is 6.92 Å². The minimum absolute atomic E-state index is 0.0570. The summed E-state index contributed by atoms with van der Waals surface area (Å²) in [5.74, 6) is 1.61. The highest BCUT2D eigenvalue weighted by Crippen LogP contribution is 2.15. The van der Waals surface area contributed by atoms with E-state index < -0.39 is 17.7 Å². The molecule has 2 rings (SSSR count). The van der Waals surface area contributed by atoms with Crippen LogP contribution < -0.4 is 10.2 Å². The van der Waals surface area contributed by atoms with E-state index in [0.717, 1.165) is 17.3 Å². The highest BCUT2D eigenvalue weighted by molar-refractivity contribution is 7.98. The summed E-state index contributed by atoms with van der Waals surface area (Å²) >= 11 is 1.65. The Hall–Kier alpha value is -2.03. The maximum absolute atomic E-state index is 13.0. The monoisotopic (exact) mass is 409 g/mol. The number of carbonyl (C=O) groups excluding carboxylic acids is 2. The van der Waals surface area contributed by atoms with Gasteiger partial charge < -0.3 is 19.9 Å². The van der Waals surface area contributed by atoms with E-state index in [9.17, 15) is 9.59 Å². The van der Waals surface area contributed by atoms with Crippen LogP contribution in [0.25, 0.3) is 0 Å². The number of aromatic nitrogens is 2. The molecule has 9 heteroatoms. The largest absolute Gasteiger partial charge is 0.444 e. The van der Waals surface area contributed by atoms with Gasteiger partial charge in [0.2, 0.25) is 5.91 Å². The molecule has 1 N–H and O–H groups in total. The topological polar surface area (TPSA) is 87.7 Å². The number of hydrogen-bond donors (Lipinski definition) is 1. The molecule has 156 valence electrons. The average molecular weight is 410 g/mol. The fraction of sp³-hybridized carbons (Fsp3) is 0.684. The number of ether oxygens (including phenoxy) is 1. The molecule has 1 saturated heterocycles. The normalized spacial score (nSPS) is 15.9. The summed E-state index contributed by atoms with van der Waals surface area (Å²) < 4.78 is 5.32. The van der Waals surface area contributed by atoms with E-state index in [1.54, 1.807) is 38.9 Å². The molecule has 0 spiro atoms. The Balaban J connectivity index is 1.95. The lowest BCUT2D eigenvalue weighted by Crippen LogP contribution is -2.55. The number of anilines is 1. The first-order valence-corrected chi connectivity index (χ1v) is 10.9. The number of piperazine rings is 1. The number of rotatable bonds is 6. The van der Waals surface area contributed by atoms with Gasteiger partial charge >= 0.3 is 6.09 Å². The van der Waals surface area contributed by atoms with Crippen LogP contribution in [0.4, 0.5) is 10.6 Å². The number of alkyl carbamates (subject to hydrolysis) is 1. The Morgan fingerprint density at radius 2 is 1.93 bits per heavy atom. The second kappa shape index (κ2) is 9.95. The van der Waals surface area contributed by atoms with E-state index in [0.29, 0.717) is 32.6 Å². The van der Waals surface area contributed by atoms with Crippen molar-refractivity contribution >= 4 is 29.6 Å². The maximum Gasteiger partial charge on any atom is 0.408 e. The Kier molecular flexibility index (Phi) is 7.91. The van der Waals surface area contributed by atoms with E-state index in [2.05, 4.69) is 20.2 Å². The molecule has 0 radical (unpaired) electrons. The molecule has 1 unspecified atom stereocenters. The minimum atomic E-state index is -0.599. The molecule has 1 aromatic heterocycles. The van der Waals surface area contributed by atoms with Gasteiger partial charge in [-0.3, -0.25) is 4.79 Å². The van der Waals surface area contributed by atoms with Gasteiger partial charge in [0.15, 0.2) is 0 Å². The molecule has 2 heterocycles. The van der Waals surface area contributed by atoms with E-state index >= 15 is 0 Å². The van der Waals surface area contributed by atoms with Crippen LogP contribution >= 0.6 is 11.8 Å². The third-order valence-electron chi connectivity index (χ3n) is 4.30. The molecule has 8 nitrogen and oxygen atoms in total. The molecule has 0 saturated carbocycles. The third-order valence-corrected chi connectivity index (χ3v) is 4.95. The summed E-state index contributed by atoms with van der Waals surface area (Å²) in [5.41, 5.74) is 0.320. The van der Waals surface area contributed by atoms with Crippen LogP contribution in [-0.4, -0.2) is 76.7 Å². The fourth-order valence-corrected chi connectivity index (χ4v) is 3.40. The van der Waals surface area contributed by atoms with Crippen molar-refractivity contribution in [3.8, 4) is 0 Å². The van der Waals surface area contributed by atoms with Crippen LogP contribution in [0.3, 0.4) is 0 Å². The smallest absolute Gasteiger partial charge is 0.408 e. The van der Waals surface area contributed by atoms with Gasteiger partial charge in [0.05, 0.1) is 0 Å². The minimum Gasteiger partial charge on any atom is -0.444 e. The molecule has 28 heavy (non-hydrogen) atoms. The number of thioether (sulfide) groups is 1. The van der Waals surface area contributed by atoms with Crippen molar-refractivity contribution in [2.24, 2.45) is 0 Å². The number of nitrogens with one attached hydrogen (secondary N) is 1. The maximum atomic E-state index is 13.0. The fourth-order valence-electron chi connectivity index (χ4n) is 2.93. The molecule has 2 amide bonds. The summed E-state index contributed by atoms with van der Waals surface area (Å²) in [6, 6.07) is 1.37. The first-order valence-electron chi connectivity index (χ1n) is 9.50. The lowest BCUT2D eigenvalue weighted by atomic mass is 10.1. The molecule has 1 aliphatic rings. The van der Waals surface area contributed by atoms with Gasteiger partial charge in [-0.1, -0.05) is 0 Å². The SMILES string of the molecule is CSCCC(NC(=O)OC(C)(C)C)C(=O)N1CCN(c2cc(C)ncn2)CC1. The zero-order valence-electron chi connectivity index (χ0n) is 17.4. The second-order valence-corrected chi connectivity index (χ2v) is 8.80. The van der Waals surface area contributed by atoms with Gasteiger partial charge in [0, 0.05) is 37.9 Å². The average Bonchev–Trinajstić information content (AvgIpc) is 2.63. The number of hydrogen-bond acceptors (Lipinski definition) is 7. The van der Waals surface area contributed by atoms with Crippen molar-refractivity contribution in [2.45, 2.75) is 45.8 Å². The highest BCUT2D eigenvalue weighted by atomic mass is 32.2. The van der Waals surface area contributed by atoms with Crippen molar-refractivity contribution < 1.29 is 14.3 Å². The molecule has 1 atom stereocenters. The molecule has 1 aromatic rings. The number of carbonyl (C=O) groups is 2. The van der Waals surface area contributed by atoms with Gasteiger partial charge in [-0.2, -0.15) is 11.8 Å². The molecule has 1 aliphatic heterocycles. The Morgan fingerprint density at radius 3 is 2.50 bits per heavy atom. The third kappa shape index (κ3) is 6.85. The summed E-state index contributed by atoms with van der Waals surface area (Å²) in [7, 11) is 0. The van der Waals surface area contributed by atoms with Gasteiger partial charge in [-0.15, -0.1) is 0 Å². The zero-order valence-corrected chi connectivity index (χ0v) is 18.2. The van der Waals surface area contributed by atoms with E-state index in [4.69, 9.17) is 4.74 Å². The van der Waals surface area contributed by atoms with Gasteiger partial charge in [-0.05, 0) is 46.1 Å². The highest BCUT2D eigenvalue weighted by Gasteiger charge is 2.30. The first-order chi connectivity index (χ1) is 13.2.